The van der Waals surface area contributed by atoms with E-state index in [1.54, 1.807) is 36.8 Å². The van der Waals surface area contributed by atoms with Gasteiger partial charge in [0, 0.05) is 23.3 Å². The molecule has 1 heterocycles. The van der Waals surface area contributed by atoms with Crippen molar-refractivity contribution in [2.24, 2.45) is 0 Å². The van der Waals surface area contributed by atoms with E-state index < -0.39 is 15.9 Å². The molecule has 0 saturated heterocycles. The summed E-state index contributed by atoms with van der Waals surface area (Å²) in [6, 6.07) is 11.2. The van der Waals surface area contributed by atoms with Gasteiger partial charge in [0.1, 0.15) is 0 Å². The number of hydrogen-bond acceptors (Lipinski definition) is 8. The molecule has 0 aliphatic carbocycles. The van der Waals surface area contributed by atoms with Crippen LogP contribution < -0.4 is 24.8 Å². The minimum Gasteiger partial charge on any atom is -0.493 e. The van der Waals surface area contributed by atoms with Crippen molar-refractivity contribution in [3.05, 3.63) is 65.7 Å². The van der Waals surface area contributed by atoms with Gasteiger partial charge in [0.05, 0.1) is 19.1 Å². The monoisotopic (exact) mass is 504 g/mol. The highest BCUT2D eigenvalue weighted by atomic mass is 32.2. The van der Waals surface area contributed by atoms with Crippen LogP contribution in [0.25, 0.3) is 6.08 Å². The molecule has 0 aliphatic heterocycles. The molecule has 0 fully saturated rings. The Hall–Kier alpha value is -3.48. The van der Waals surface area contributed by atoms with Crippen LogP contribution in [0, 0.1) is 0 Å². The number of rotatable bonds is 8. The zero-order chi connectivity index (χ0) is 23.8. The van der Waals surface area contributed by atoms with Gasteiger partial charge in [0.15, 0.2) is 21.7 Å². The Balaban J connectivity index is 1.56. The van der Waals surface area contributed by atoms with E-state index in [9.17, 15) is 13.2 Å². The van der Waals surface area contributed by atoms with Gasteiger partial charge in [-0.3, -0.25) is 14.8 Å². The minimum atomic E-state index is -3.75. The summed E-state index contributed by atoms with van der Waals surface area (Å²) in [7, 11) is -0.677. The third-order valence-electron chi connectivity index (χ3n) is 4.15. The van der Waals surface area contributed by atoms with Gasteiger partial charge >= 0.3 is 0 Å². The highest BCUT2D eigenvalue weighted by molar-refractivity contribution is 7.93. The topological polar surface area (TPSA) is 119 Å². The van der Waals surface area contributed by atoms with Crippen molar-refractivity contribution >= 4 is 61.5 Å². The Bertz CT molecular complexity index is 1260. The second-order valence-corrected chi connectivity index (χ2v) is 9.34. The molecule has 0 atom stereocenters. The molecule has 12 heteroatoms. The molecule has 3 N–H and O–H groups in total. The van der Waals surface area contributed by atoms with Crippen molar-refractivity contribution in [1.29, 1.82) is 0 Å². The van der Waals surface area contributed by atoms with Gasteiger partial charge < -0.3 is 14.8 Å². The SMILES string of the molecule is COc1ccc(/C=C/C(=O)NC(=S)Nc2ccc(S(=O)(=O)Nc3nccs3)cc2)cc1OC. The average Bonchev–Trinajstić information content (AvgIpc) is 3.30. The molecule has 0 spiro atoms. The van der Waals surface area contributed by atoms with Crippen molar-refractivity contribution < 1.29 is 22.7 Å². The Morgan fingerprint density at radius 2 is 1.82 bits per heavy atom. The van der Waals surface area contributed by atoms with Crippen LogP contribution in [-0.4, -0.2) is 38.6 Å². The number of thiazole rings is 1. The molecule has 172 valence electrons. The van der Waals surface area contributed by atoms with Crippen molar-refractivity contribution in [2.75, 3.05) is 24.3 Å². The lowest BCUT2D eigenvalue weighted by Crippen LogP contribution is -2.32. The number of carbonyl (C=O) groups is 1. The highest BCUT2D eigenvalue weighted by Crippen LogP contribution is 2.28. The van der Waals surface area contributed by atoms with Gasteiger partial charge in [-0.25, -0.2) is 13.4 Å². The number of nitrogens with one attached hydrogen (secondary N) is 3. The number of ether oxygens (including phenoxy) is 2. The Labute approximate surface area is 200 Å². The minimum absolute atomic E-state index is 0.0634. The maximum Gasteiger partial charge on any atom is 0.263 e. The zero-order valence-electron chi connectivity index (χ0n) is 17.6. The van der Waals surface area contributed by atoms with Crippen molar-refractivity contribution in [3.8, 4) is 11.5 Å². The highest BCUT2D eigenvalue weighted by Gasteiger charge is 2.15. The number of hydrogen-bond donors (Lipinski definition) is 3. The molecule has 0 bridgehead atoms. The van der Waals surface area contributed by atoms with E-state index in [0.29, 0.717) is 17.2 Å². The zero-order valence-corrected chi connectivity index (χ0v) is 20.0. The van der Waals surface area contributed by atoms with E-state index in [1.807, 2.05) is 0 Å². The summed E-state index contributed by atoms with van der Waals surface area (Å²) in [5, 5.41) is 7.37. The molecule has 1 aromatic heterocycles. The van der Waals surface area contributed by atoms with Gasteiger partial charge in [0.25, 0.3) is 10.0 Å². The fraction of sp³-hybridized carbons (Fsp3) is 0.0952. The van der Waals surface area contributed by atoms with E-state index in [1.165, 1.54) is 55.0 Å². The normalized spacial score (nSPS) is 11.1. The molecule has 0 unspecified atom stereocenters. The van der Waals surface area contributed by atoms with Crippen LogP contribution in [0.2, 0.25) is 0 Å². The van der Waals surface area contributed by atoms with Gasteiger partial charge in [0.2, 0.25) is 5.91 Å². The van der Waals surface area contributed by atoms with E-state index in [-0.39, 0.29) is 15.1 Å². The molecular formula is C21H20N4O5S3. The number of amides is 1. The largest absolute Gasteiger partial charge is 0.493 e. The first-order valence-electron chi connectivity index (χ1n) is 9.35. The predicted molar refractivity (Wildman–Crippen MR) is 132 cm³/mol. The third kappa shape index (κ3) is 6.75. The Morgan fingerprint density at radius 3 is 2.45 bits per heavy atom. The standard InChI is InChI=1S/C21H20N4O5S3/c1-29-17-9-3-14(13-18(17)30-2)4-10-19(26)24-20(31)23-15-5-7-16(8-6-15)33(27,28)25-21-22-11-12-32-21/h3-13H,1-2H3,(H,22,25)(H2,23,24,26,31)/b10-4+. The van der Waals surface area contributed by atoms with Crippen LogP contribution in [0.5, 0.6) is 11.5 Å². The summed E-state index contributed by atoms with van der Waals surface area (Å²) >= 11 is 6.33. The summed E-state index contributed by atoms with van der Waals surface area (Å²) < 4.78 is 37.6. The summed E-state index contributed by atoms with van der Waals surface area (Å²) in [6.45, 7) is 0. The Morgan fingerprint density at radius 1 is 1.09 bits per heavy atom. The van der Waals surface area contributed by atoms with Gasteiger partial charge in [-0.05, 0) is 60.3 Å². The number of benzene rings is 2. The maximum absolute atomic E-state index is 12.4. The second-order valence-electron chi connectivity index (χ2n) is 6.36. The summed E-state index contributed by atoms with van der Waals surface area (Å²) in [5.74, 6) is 0.695. The first kappa shape index (κ1) is 24.2. The summed E-state index contributed by atoms with van der Waals surface area (Å²) in [4.78, 5) is 16.1. The van der Waals surface area contributed by atoms with Crippen LogP contribution >= 0.6 is 23.6 Å². The van der Waals surface area contributed by atoms with E-state index in [4.69, 9.17) is 21.7 Å². The fourth-order valence-electron chi connectivity index (χ4n) is 2.61. The maximum atomic E-state index is 12.4. The lowest BCUT2D eigenvalue weighted by molar-refractivity contribution is -0.115. The van der Waals surface area contributed by atoms with Gasteiger partial charge in [-0.2, -0.15) is 0 Å². The molecule has 9 nitrogen and oxygen atoms in total. The quantitative estimate of drug-likeness (QED) is 0.315. The van der Waals surface area contributed by atoms with E-state index in [2.05, 4.69) is 20.3 Å². The smallest absolute Gasteiger partial charge is 0.263 e. The van der Waals surface area contributed by atoms with Crippen LogP contribution in [0.4, 0.5) is 10.8 Å². The van der Waals surface area contributed by atoms with Crippen LogP contribution in [-0.2, 0) is 14.8 Å². The lowest BCUT2D eigenvalue weighted by Gasteiger charge is -2.10. The van der Waals surface area contributed by atoms with Crippen LogP contribution in [0.3, 0.4) is 0 Å². The molecule has 33 heavy (non-hydrogen) atoms. The number of aromatic nitrogens is 1. The lowest BCUT2D eigenvalue weighted by atomic mass is 10.2. The molecule has 0 aliphatic rings. The first-order chi connectivity index (χ1) is 15.8. The van der Waals surface area contributed by atoms with Crippen molar-refractivity contribution in [1.82, 2.24) is 10.3 Å². The van der Waals surface area contributed by atoms with Crippen molar-refractivity contribution in [3.63, 3.8) is 0 Å². The number of nitrogens with zero attached hydrogens (tertiary/aromatic N) is 1. The van der Waals surface area contributed by atoms with E-state index >= 15 is 0 Å². The summed E-state index contributed by atoms with van der Waals surface area (Å²) in [6.07, 6.45) is 4.44. The fourth-order valence-corrected chi connectivity index (χ4v) is 4.62. The predicted octanol–water partition coefficient (Wildman–Crippen LogP) is 3.49. The summed E-state index contributed by atoms with van der Waals surface area (Å²) in [5.41, 5.74) is 1.25. The second kappa shape index (κ2) is 10.9. The number of anilines is 2. The average molecular weight is 505 g/mol. The van der Waals surface area contributed by atoms with Gasteiger partial charge in [-0.15, -0.1) is 11.3 Å². The molecule has 1 amide bonds. The molecule has 0 radical (unpaired) electrons. The molecule has 3 aromatic rings. The van der Waals surface area contributed by atoms with Crippen molar-refractivity contribution in [2.45, 2.75) is 4.90 Å². The Kier molecular flexibility index (Phi) is 7.98. The van der Waals surface area contributed by atoms with Crippen LogP contribution in [0.15, 0.2) is 65.0 Å². The molecule has 0 saturated carbocycles. The number of sulfonamides is 1. The first-order valence-corrected chi connectivity index (χ1v) is 12.1. The van der Waals surface area contributed by atoms with E-state index in [0.717, 1.165) is 5.56 Å². The number of carbonyl (C=O) groups excluding carboxylic acids is 1. The molecule has 2 aromatic carbocycles. The van der Waals surface area contributed by atoms with Crippen LogP contribution in [0.1, 0.15) is 5.56 Å². The third-order valence-corrected chi connectivity index (χ3v) is 6.52. The molecule has 3 rings (SSSR count). The van der Waals surface area contributed by atoms with Gasteiger partial charge in [-0.1, -0.05) is 6.07 Å². The molecular weight excluding hydrogens is 484 g/mol. The number of thiocarbonyl (C=S) groups is 1. The number of methoxy groups -OCH3 is 2.